The van der Waals surface area contributed by atoms with Gasteiger partial charge in [0.15, 0.2) is 0 Å². The fourth-order valence-corrected chi connectivity index (χ4v) is 0.392. The van der Waals surface area contributed by atoms with Crippen molar-refractivity contribution >= 4 is 0 Å². The molecule has 0 aliphatic rings. The number of ether oxygens (including phenoxy) is 1. The zero-order valence-electron chi connectivity index (χ0n) is 6.11. The first-order valence-corrected chi connectivity index (χ1v) is 2.94. The minimum absolute atomic E-state index is 0.462. The predicted octanol–water partition coefficient (Wildman–Crippen LogP) is 2.66. The Morgan fingerprint density at radius 3 is 2.45 bits per heavy atom. The number of hydrogen-bond acceptors (Lipinski definition) is 1. The molecule has 0 aliphatic heterocycles. The molecule has 0 radical (unpaired) electrons. The maximum Gasteiger partial charge on any atom is 0.522 e. The molecule has 0 aromatic carbocycles. The lowest BCUT2D eigenvalue weighted by atomic mass is 10.3. The smallest absolute Gasteiger partial charge is 0.288 e. The van der Waals surface area contributed by atoms with Gasteiger partial charge in [-0.25, -0.2) is 0 Å². The first-order chi connectivity index (χ1) is 4.92. The summed E-state index contributed by atoms with van der Waals surface area (Å²) in [6, 6.07) is 0. The average molecular weight is 166 g/mol. The molecular weight excluding hydrogens is 157 g/mol. The van der Waals surface area contributed by atoms with Crippen molar-refractivity contribution in [1.29, 1.82) is 0 Å². The summed E-state index contributed by atoms with van der Waals surface area (Å²) in [7, 11) is 0. The lowest BCUT2D eigenvalue weighted by Crippen LogP contribution is -2.12. The second-order valence-electron chi connectivity index (χ2n) is 2.01. The topological polar surface area (TPSA) is 9.23 Å². The van der Waals surface area contributed by atoms with Crippen LogP contribution >= 0.6 is 0 Å². The third-order valence-electron chi connectivity index (χ3n) is 0.746. The van der Waals surface area contributed by atoms with E-state index in [2.05, 4.69) is 11.3 Å². The molecule has 0 saturated heterocycles. The first kappa shape index (κ1) is 10.2. The molecule has 0 N–H and O–H groups in total. The van der Waals surface area contributed by atoms with E-state index < -0.39 is 13.0 Å². The van der Waals surface area contributed by atoms with Crippen molar-refractivity contribution in [2.45, 2.75) is 13.3 Å². The third-order valence-corrected chi connectivity index (χ3v) is 0.746. The number of hydrogen-bond donors (Lipinski definition) is 0. The molecule has 4 heteroatoms. The highest BCUT2D eigenvalue weighted by Crippen LogP contribution is 2.15. The van der Waals surface area contributed by atoms with Gasteiger partial charge in [-0.3, -0.25) is 4.74 Å². The molecule has 0 unspecified atom stereocenters. The first-order valence-electron chi connectivity index (χ1n) is 2.94. The van der Waals surface area contributed by atoms with Gasteiger partial charge in [0.05, 0.1) is 6.61 Å². The molecule has 0 saturated carbocycles. The normalized spacial score (nSPS) is 12.4. The van der Waals surface area contributed by atoms with Gasteiger partial charge in [-0.2, -0.15) is 0 Å². The summed E-state index contributed by atoms with van der Waals surface area (Å²) in [4.78, 5) is 0. The maximum atomic E-state index is 11.3. The minimum atomic E-state index is -4.54. The van der Waals surface area contributed by atoms with E-state index in [9.17, 15) is 13.2 Å². The Kier molecular flexibility index (Phi) is 3.89. The Labute approximate surface area is 63.2 Å². The molecule has 0 aromatic heterocycles. The molecule has 1 nitrogen and oxygen atoms in total. The number of rotatable bonds is 3. The van der Waals surface area contributed by atoms with Gasteiger partial charge in [0.25, 0.3) is 0 Å². The highest BCUT2D eigenvalue weighted by Gasteiger charge is 2.27. The molecule has 0 aliphatic carbocycles. The summed E-state index contributed by atoms with van der Waals surface area (Å²) < 4.78 is 37.4. The SMILES string of the molecule is C=C(C)/C=C\COC(F)(F)F. The van der Waals surface area contributed by atoms with Crippen LogP contribution in [-0.4, -0.2) is 13.0 Å². The van der Waals surface area contributed by atoms with Crippen LogP contribution < -0.4 is 0 Å². The van der Waals surface area contributed by atoms with Crippen molar-refractivity contribution in [2.75, 3.05) is 6.61 Å². The van der Waals surface area contributed by atoms with E-state index in [0.717, 1.165) is 0 Å². The molecule has 0 atom stereocenters. The van der Waals surface area contributed by atoms with E-state index in [0.29, 0.717) is 5.57 Å². The monoisotopic (exact) mass is 166 g/mol. The molecule has 11 heavy (non-hydrogen) atoms. The van der Waals surface area contributed by atoms with Gasteiger partial charge in [-0.15, -0.1) is 13.2 Å². The lowest BCUT2D eigenvalue weighted by molar-refractivity contribution is -0.319. The number of alkyl halides is 3. The van der Waals surface area contributed by atoms with Crippen molar-refractivity contribution in [3.8, 4) is 0 Å². The van der Waals surface area contributed by atoms with Crippen LogP contribution in [0.1, 0.15) is 6.92 Å². The van der Waals surface area contributed by atoms with Crippen molar-refractivity contribution in [1.82, 2.24) is 0 Å². The highest BCUT2D eigenvalue weighted by atomic mass is 19.4. The summed E-state index contributed by atoms with van der Waals surface area (Å²) in [6.07, 6.45) is -1.82. The van der Waals surface area contributed by atoms with E-state index in [1.807, 2.05) is 0 Å². The number of halogens is 3. The molecule has 0 heterocycles. The summed E-state index contributed by atoms with van der Waals surface area (Å²) in [6.45, 7) is 4.69. The molecule has 64 valence electrons. The Morgan fingerprint density at radius 2 is 2.09 bits per heavy atom. The largest absolute Gasteiger partial charge is 0.522 e. The molecular formula is C7H9F3O. The van der Waals surface area contributed by atoms with Crippen LogP contribution in [0, 0.1) is 0 Å². The maximum absolute atomic E-state index is 11.3. The third kappa shape index (κ3) is 9.23. The van der Waals surface area contributed by atoms with Crippen molar-refractivity contribution in [2.24, 2.45) is 0 Å². The summed E-state index contributed by atoms with van der Waals surface area (Å²) >= 11 is 0. The van der Waals surface area contributed by atoms with Crippen LogP contribution in [-0.2, 0) is 4.74 Å². The zero-order chi connectivity index (χ0) is 8.91. The Bertz CT molecular complexity index is 158. The zero-order valence-corrected chi connectivity index (χ0v) is 6.11. The Hall–Kier alpha value is -0.770. The van der Waals surface area contributed by atoms with Crippen LogP contribution in [0.4, 0.5) is 13.2 Å². The van der Waals surface area contributed by atoms with Gasteiger partial charge in [0.2, 0.25) is 0 Å². The van der Waals surface area contributed by atoms with Crippen molar-refractivity contribution < 1.29 is 17.9 Å². The van der Waals surface area contributed by atoms with Crippen molar-refractivity contribution in [3.05, 3.63) is 24.3 Å². The van der Waals surface area contributed by atoms with Gasteiger partial charge in [-0.05, 0) is 6.92 Å². The Morgan fingerprint density at radius 1 is 1.55 bits per heavy atom. The second-order valence-corrected chi connectivity index (χ2v) is 2.01. The predicted molar refractivity (Wildman–Crippen MR) is 36.0 cm³/mol. The summed E-state index contributed by atoms with van der Waals surface area (Å²) in [5.41, 5.74) is 0.691. The molecule has 0 spiro atoms. The van der Waals surface area contributed by atoms with E-state index >= 15 is 0 Å². The minimum Gasteiger partial charge on any atom is -0.288 e. The van der Waals surface area contributed by atoms with E-state index in [1.165, 1.54) is 12.2 Å². The van der Waals surface area contributed by atoms with Crippen LogP contribution in [0.25, 0.3) is 0 Å². The lowest BCUT2D eigenvalue weighted by Gasteiger charge is -2.02. The molecule has 0 bridgehead atoms. The fourth-order valence-electron chi connectivity index (χ4n) is 0.392. The molecule has 0 fully saturated rings. The van der Waals surface area contributed by atoms with Gasteiger partial charge in [0, 0.05) is 0 Å². The highest BCUT2D eigenvalue weighted by molar-refractivity contribution is 5.10. The molecule has 0 rings (SSSR count). The van der Waals surface area contributed by atoms with Crippen LogP contribution in [0.3, 0.4) is 0 Å². The van der Waals surface area contributed by atoms with Gasteiger partial charge in [0.1, 0.15) is 0 Å². The van der Waals surface area contributed by atoms with E-state index in [-0.39, 0.29) is 0 Å². The fraction of sp³-hybridized carbons (Fsp3) is 0.429. The van der Waals surface area contributed by atoms with E-state index in [4.69, 9.17) is 0 Å². The van der Waals surface area contributed by atoms with Gasteiger partial charge in [-0.1, -0.05) is 24.3 Å². The van der Waals surface area contributed by atoms with Crippen LogP contribution in [0.2, 0.25) is 0 Å². The Balaban J connectivity index is 3.50. The second kappa shape index (κ2) is 4.18. The van der Waals surface area contributed by atoms with Gasteiger partial charge >= 0.3 is 6.36 Å². The summed E-state index contributed by atoms with van der Waals surface area (Å²) in [5.74, 6) is 0. The van der Waals surface area contributed by atoms with Crippen LogP contribution in [0.15, 0.2) is 24.3 Å². The number of allylic oxidation sites excluding steroid dienone is 2. The van der Waals surface area contributed by atoms with Gasteiger partial charge < -0.3 is 0 Å². The van der Waals surface area contributed by atoms with Crippen molar-refractivity contribution in [3.63, 3.8) is 0 Å². The molecule has 0 amide bonds. The van der Waals surface area contributed by atoms with E-state index in [1.54, 1.807) is 6.92 Å². The molecule has 0 aromatic rings. The average Bonchev–Trinajstić information content (AvgIpc) is 1.78. The van der Waals surface area contributed by atoms with Crippen LogP contribution in [0.5, 0.6) is 0 Å². The quantitative estimate of drug-likeness (QED) is 0.585. The standard InChI is InChI=1S/C7H9F3O/c1-6(2)4-3-5-11-7(8,9)10/h3-4H,1,5H2,2H3/b4-3-. The summed E-state index contributed by atoms with van der Waals surface area (Å²) in [5, 5.41) is 0.